The van der Waals surface area contributed by atoms with Crippen molar-refractivity contribution in [3.05, 3.63) is 12.2 Å². The molecule has 19 heavy (non-hydrogen) atoms. The minimum Gasteiger partial charge on any atom is -0.462 e. The Kier molecular flexibility index (Phi) is 7.99. The summed E-state index contributed by atoms with van der Waals surface area (Å²) in [6.45, 7) is 7.96. The minimum absolute atomic E-state index is 0.0226. The van der Waals surface area contributed by atoms with E-state index in [4.69, 9.17) is 4.74 Å². The summed E-state index contributed by atoms with van der Waals surface area (Å²) in [5.74, 6) is -0.758. The van der Waals surface area contributed by atoms with Gasteiger partial charge in [-0.3, -0.25) is 9.59 Å². The number of carbonyl (C=O) groups is 3. The topological polar surface area (TPSA) is 90.9 Å². The van der Waals surface area contributed by atoms with E-state index in [0.717, 1.165) is 0 Å². The average Bonchev–Trinajstić information content (AvgIpc) is 2.31. The lowest BCUT2D eigenvalue weighted by molar-refractivity contribution is -0.142. The molecule has 0 rings (SSSR count). The standard InChI is InChI=1S/C12H19NO6/c1-8(2)11(15)13-7-9(3)19-12(16)18-6-5-17-10(4)14/h9H,1,5-7H2,2-4H3,(H,13,15). The molecule has 1 N–H and O–H groups in total. The average molecular weight is 273 g/mol. The molecular formula is C12H19NO6. The molecule has 0 saturated heterocycles. The summed E-state index contributed by atoms with van der Waals surface area (Å²) in [6, 6.07) is 0. The molecule has 0 saturated carbocycles. The smallest absolute Gasteiger partial charge is 0.462 e. The van der Waals surface area contributed by atoms with Crippen molar-refractivity contribution in [3.63, 3.8) is 0 Å². The highest BCUT2D eigenvalue weighted by Gasteiger charge is 2.12. The van der Waals surface area contributed by atoms with Gasteiger partial charge in [-0.15, -0.1) is 0 Å². The summed E-state index contributed by atoms with van der Waals surface area (Å²) in [5, 5.41) is 2.53. The summed E-state index contributed by atoms with van der Waals surface area (Å²) < 4.78 is 14.1. The van der Waals surface area contributed by atoms with Gasteiger partial charge in [0.05, 0.1) is 6.54 Å². The molecule has 0 heterocycles. The van der Waals surface area contributed by atoms with Gasteiger partial charge in [0.2, 0.25) is 5.91 Å². The molecule has 0 aromatic rings. The number of hydrogen-bond acceptors (Lipinski definition) is 6. The quantitative estimate of drug-likeness (QED) is 0.419. The van der Waals surface area contributed by atoms with Crippen molar-refractivity contribution in [3.8, 4) is 0 Å². The van der Waals surface area contributed by atoms with Crippen LogP contribution in [0.4, 0.5) is 4.79 Å². The first kappa shape index (κ1) is 16.9. The fourth-order valence-corrected chi connectivity index (χ4v) is 0.938. The van der Waals surface area contributed by atoms with E-state index in [1.807, 2.05) is 0 Å². The van der Waals surface area contributed by atoms with Crippen LogP contribution in [0.3, 0.4) is 0 Å². The SMILES string of the molecule is C=C(C)C(=O)NCC(C)OC(=O)OCCOC(C)=O. The molecule has 1 atom stereocenters. The monoisotopic (exact) mass is 273 g/mol. The van der Waals surface area contributed by atoms with Crippen LogP contribution in [0.25, 0.3) is 0 Å². The van der Waals surface area contributed by atoms with Gasteiger partial charge in [0.15, 0.2) is 0 Å². The first-order chi connectivity index (χ1) is 8.82. The molecule has 108 valence electrons. The zero-order valence-corrected chi connectivity index (χ0v) is 11.4. The van der Waals surface area contributed by atoms with Crippen LogP contribution in [-0.4, -0.2) is 43.9 Å². The van der Waals surface area contributed by atoms with E-state index >= 15 is 0 Å². The van der Waals surface area contributed by atoms with E-state index in [1.165, 1.54) is 6.92 Å². The van der Waals surface area contributed by atoms with Crippen molar-refractivity contribution in [2.45, 2.75) is 26.9 Å². The Morgan fingerprint density at radius 3 is 2.26 bits per heavy atom. The second-order valence-electron chi connectivity index (χ2n) is 3.86. The number of esters is 1. The van der Waals surface area contributed by atoms with Crippen molar-refractivity contribution >= 4 is 18.0 Å². The number of amides is 1. The third-order valence-electron chi connectivity index (χ3n) is 1.84. The molecule has 0 fully saturated rings. The lowest BCUT2D eigenvalue weighted by atomic mass is 10.3. The predicted octanol–water partition coefficient (Wildman–Crippen LogP) is 0.784. The van der Waals surface area contributed by atoms with E-state index in [0.29, 0.717) is 5.57 Å². The first-order valence-corrected chi connectivity index (χ1v) is 5.73. The third kappa shape index (κ3) is 9.63. The second-order valence-corrected chi connectivity index (χ2v) is 3.86. The van der Waals surface area contributed by atoms with Gasteiger partial charge in [-0.1, -0.05) is 6.58 Å². The van der Waals surface area contributed by atoms with E-state index in [9.17, 15) is 14.4 Å². The van der Waals surface area contributed by atoms with Crippen LogP contribution in [0.2, 0.25) is 0 Å². The Morgan fingerprint density at radius 2 is 1.74 bits per heavy atom. The Balaban J connectivity index is 3.72. The highest BCUT2D eigenvalue weighted by Crippen LogP contribution is 1.95. The van der Waals surface area contributed by atoms with Crippen molar-refractivity contribution in [2.24, 2.45) is 0 Å². The molecule has 7 nitrogen and oxygen atoms in total. The maximum Gasteiger partial charge on any atom is 0.508 e. The van der Waals surface area contributed by atoms with Gasteiger partial charge in [0.25, 0.3) is 0 Å². The molecule has 1 unspecified atom stereocenters. The molecule has 0 aliphatic carbocycles. The molecule has 0 aromatic heterocycles. The molecule has 1 amide bonds. The van der Waals surface area contributed by atoms with Gasteiger partial charge < -0.3 is 19.5 Å². The lowest BCUT2D eigenvalue weighted by Crippen LogP contribution is -2.33. The summed E-state index contributed by atoms with van der Waals surface area (Å²) >= 11 is 0. The van der Waals surface area contributed by atoms with E-state index < -0.39 is 18.2 Å². The first-order valence-electron chi connectivity index (χ1n) is 5.73. The molecule has 0 radical (unpaired) electrons. The third-order valence-corrected chi connectivity index (χ3v) is 1.84. The van der Waals surface area contributed by atoms with Gasteiger partial charge in [-0.05, 0) is 13.8 Å². The van der Waals surface area contributed by atoms with Crippen LogP contribution in [0, 0.1) is 0 Å². The van der Waals surface area contributed by atoms with Crippen LogP contribution < -0.4 is 5.32 Å². The van der Waals surface area contributed by atoms with Crippen molar-refractivity contribution in [1.29, 1.82) is 0 Å². The molecule has 7 heteroatoms. The van der Waals surface area contributed by atoms with Gasteiger partial charge in [-0.25, -0.2) is 4.79 Å². The largest absolute Gasteiger partial charge is 0.508 e. The van der Waals surface area contributed by atoms with Crippen LogP contribution in [-0.2, 0) is 23.8 Å². The zero-order valence-electron chi connectivity index (χ0n) is 11.4. The van der Waals surface area contributed by atoms with E-state index in [1.54, 1.807) is 13.8 Å². The summed E-state index contributed by atoms with van der Waals surface area (Å²) in [5.41, 5.74) is 0.371. The number of ether oxygens (including phenoxy) is 3. The highest BCUT2D eigenvalue weighted by molar-refractivity contribution is 5.92. The van der Waals surface area contributed by atoms with Gasteiger partial charge in [0, 0.05) is 12.5 Å². The number of carbonyl (C=O) groups excluding carboxylic acids is 3. The molecule has 0 bridgehead atoms. The summed E-state index contributed by atoms with van der Waals surface area (Å²) in [7, 11) is 0. The van der Waals surface area contributed by atoms with Crippen molar-refractivity contribution in [1.82, 2.24) is 5.32 Å². The molecule has 0 aliphatic heterocycles. The van der Waals surface area contributed by atoms with Crippen molar-refractivity contribution < 1.29 is 28.6 Å². The molecule has 0 aliphatic rings. The predicted molar refractivity (Wildman–Crippen MR) is 66.4 cm³/mol. The fourth-order valence-electron chi connectivity index (χ4n) is 0.938. The van der Waals surface area contributed by atoms with Gasteiger partial charge in [-0.2, -0.15) is 0 Å². The van der Waals surface area contributed by atoms with Crippen LogP contribution in [0.15, 0.2) is 12.2 Å². The Hall–Kier alpha value is -2.05. The molecular weight excluding hydrogens is 254 g/mol. The molecule has 0 spiro atoms. The number of hydrogen-bond donors (Lipinski definition) is 1. The van der Waals surface area contributed by atoms with Crippen LogP contribution in [0.1, 0.15) is 20.8 Å². The number of nitrogens with one attached hydrogen (secondary N) is 1. The second kappa shape index (κ2) is 8.96. The lowest BCUT2D eigenvalue weighted by Gasteiger charge is -2.14. The van der Waals surface area contributed by atoms with E-state index in [2.05, 4.69) is 21.4 Å². The fraction of sp³-hybridized carbons (Fsp3) is 0.583. The Bertz CT molecular complexity index is 352. The Morgan fingerprint density at radius 1 is 1.16 bits per heavy atom. The maximum absolute atomic E-state index is 11.2. The van der Waals surface area contributed by atoms with E-state index in [-0.39, 0.29) is 25.7 Å². The summed E-state index contributed by atoms with van der Waals surface area (Å²) in [6.07, 6.45) is -1.42. The minimum atomic E-state index is -0.885. The number of rotatable bonds is 7. The Labute approximate surface area is 111 Å². The van der Waals surface area contributed by atoms with Gasteiger partial charge in [0.1, 0.15) is 19.3 Å². The van der Waals surface area contributed by atoms with Crippen molar-refractivity contribution in [2.75, 3.05) is 19.8 Å². The van der Waals surface area contributed by atoms with Gasteiger partial charge >= 0.3 is 12.1 Å². The highest BCUT2D eigenvalue weighted by atomic mass is 16.7. The maximum atomic E-state index is 11.2. The zero-order chi connectivity index (χ0) is 14.8. The molecule has 0 aromatic carbocycles. The van der Waals surface area contributed by atoms with Crippen LogP contribution >= 0.6 is 0 Å². The summed E-state index contributed by atoms with van der Waals surface area (Å²) in [4.78, 5) is 32.8. The normalized spacial score (nSPS) is 11.1. The van der Waals surface area contributed by atoms with Crippen LogP contribution in [0.5, 0.6) is 0 Å².